The van der Waals surface area contributed by atoms with Crippen molar-refractivity contribution in [3.8, 4) is 0 Å². The van der Waals surface area contributed by atoms with Crippen LogP contribution < -0.4 is 4.90 Å². The van der Waals surface area contributed by atoms with E-state index in [9.17, 15) is 8.42 Å². The molecule has 2 aromatic rings. The van der Waals surface area contributed by atoms with Gasteiger partial charge < -0.3 is 9.08 Å². The van der Waals surface area contributed by atoms with E-state index in [0.717, 1.165) is 27.5 Å². The SMILES string of the molecule is CN(c1ccccc1)C1CS(=O)(=O)OC2=C1CSc1ccccc12. The van der Waals surface area contributed by atoms with Crippen LogP contribution in [0.2, 0.25) is 0 Å². The highest BCUT2D eigenvalue weighted by Gasteiger charge is 2.39. The number of rotatable bonds is 2. The molecule has 2 aliphatic heterocycles. The fourth-order valence-corrected chi connectivity index (χ4v) is 5.62. The van der Waals surface area contributed by atoms with Gasteiger partial charge in [0, 0.05) is 34.5 Å². The molecule has 0 N–H and O–H groups in total. The zero-order valence-corrected chi connectivity index (χ0v) is 14.8. The average molecular weight is 359 g/mol. The Hall–Kier alpha value is -1.92. The molecule has 0 amide bonds. The number of fused-ring (bicyclic) bond motifs is 2. The van der Waals surface area contributed by atoms with E-state index >= 15 is 0 Å². The molecule has 0 fully saturated rings. The van der Waals surface area contributed by atoms with Gasteiger partial charge >= 0.3 is 10.1 Å². The van der Waals surface area contributed by atoms with Crippen molar-refractivity contribution in [3.05, 3.63) is 65.7 Å². The van der Waals surface area contributed by atoms with Gasteiger partial charge in [-0.3, -0.25) is 0 Å². The molecule has 2 aromatic carbocycles. The number of hydrogen-bond acceptors (Lipinski definition) is 5. The molecule has 4 nitrogen and oxygen atoms in total. The number of anilines is 1. The van der Waals surface area contributed by atoms with Gasteiger partial charge in [-0.2, -0.15) is 8.42 Å². The molecule has 0 saturated carbocycles. The van der Waals surface area contributed by atoms with Crippen LogP contribution in [0.3, 0.4) is 0 Å². The number of nitrogens with zero attached hydrogens (tertiary/aromatic N) is 1. The van der Waals surface area contributed by atoms with Crippen molar-refractivity contribution in [1.29, 1.82) is 0 Å². The Bertz CT molecular complexity index is 907. The second-order valence-corrected chi connectivity index (χ2v) is 8.54. The van der Waals surface area contributed by atoms with E-state index in [1.165, 1.54) is 0 Å². The minimum atomic E-state index is -3.61. The van der Waals surface area contributed by atoms with Crippen molar-refractivity contribution < 1.29 is 12.6 Å². The maximum absolute atomic E-state index is 12.4. The van der Waals surface area contributed by atoms with E-state index in [2.05, 4.69) is 0 Å². The summed E-state index contributed by atoms with van der Waals surface area (Å²) in [5, 5.41) is 0. The Kier molecular flexibility index (Phi) is 3.81. The van der Waals surface area contributed by atoms with Gasteiger partial charge in [0.15, 0.2) is 5.76 Å². The molecule has 0 radical (unpaired) electrons. The molecule has 0 aliphatic carbocycles. The lowest BCUT2D eigenvalue weighted by molar-refractivity contribution is 0.442. The zero-order valence-electron chi connectivity index (χ0n) is 13.2. The summed E-state index contributed by atoms with van der Waals surface area (Å²) < 4.78 is 30.2. The Morgan fingerprint density at radius 3 is 2.58 bits per heavy atom. The Labute approximate surface area is 146 Å². The standard InChI is InChI=1S/C18H17NO3S2/c1-19(13-7-3-2-4-8-13)16-12-24(20,21)22-18-14-9-5-6-10-17(14)23-11-15(16)18/h2-10,16H,11-12H2,1H3. The predicted octanol–water partition coefficient (Wildman–Crippen LogP) is 3.37. The van der Waals surface area contributed by atoms with E-state index < -0.39 is 10.1 Å². The lowest BCUT2D eigenvalue weighted by atomic mass is 10.0. The van der Waals surface area contributed by atoms with Gasteiger partial charge in [0.1, 0.15) is 5.75 Å². The molecule has 4 rings (SSSR count). The first-order valence-corrected chi connectivity index (χ1v) is 10.3. The third-order valence-electron chi connectivity index (χ3n) is 4.41. The summed E-state index contributed by atoms with van der Waals surface area (Å²) in [6.07, 6.45) is 0. The van der Waals surface area contributed by atoms with Crippen molar-refractivity contribution >= 4 is 33.3 Å². The van der Waals surface area contributed by atoms with Crippen LogP contribution in [-0.4, -0.2) is 33.0 Å². The number of likely N-dealkylation sites (N-methyl/N-ethyl adjacent to an activating group) is 1. The maximum atomic E-state index is 12.4. The second kappa shape index (κ2) is 5.86. The number of para-hydroxylation sites is 1. The smallest absolute Gasteiger partial charge is 0.311 e. The van der Waals surface area contributed by atoms with Crippen molar-refractivity contribution in [2.24, 2.45) is 0 Å². The highest BCUT2D eigenvalue weighted by Crippen LogP contribution is 2.43. The Morgan fingerprint density at radius 2 is 1.79 bits per heavy atom. The summed E-state index contributed by atoms with van der Waals surface area (Å²) >= 11 is 1.73. The number of benzene rings is 2. The van der Waals surface area contributed by atoms with Crippen LogP contribution in [0, 0.1) is 0 Å². The minimum Gasteiger partial charge on any atom is -0.382 e. The van der Waals surface area contributed by atoms with Crippen LogP contribution in [0.4, 0.5) is 5.69 Å². The molecule has 24 heavy (non-hydrogen) atoms. The zero-order chi connectivity index (χ0) is 16.7. The number of thioether (sulfide) groups is 1. The van der Waals surface area contributed by atoms with E-state index in [0.29, 0.717) is 5.76 Å². The van der Waals surface area contributed by atoms with Gasteiger partial charge in [0.2, 0.25) is 0 Å². The highest BCUT2D eigenvalue weighted by atomic mass is 32.2. The first kappa shape index (κ1) is 15.6. The van der Waals surface area contributed by atoms with Gasteiger partial charge in [-0.1, -0.05) is 36.4 Å². The van der Waals surface area contributed by atoms with E-state index in [-0.39, 0.29) is 11.8 Å². The van der Waals surface area contributed by atoms with Gasteiger partial charge in [0.05, 0.1) is 6.04 Å². The minimum absolute atomic E-state index is 0.0278. The van der Waals surface area contributed by atoms with Gasteiger partial charge in [-0.25, -0.2) is 0 Å². The topological polar surface area (TPSA) is 46.6 Å². The second-order valence-electron chi connectivity index (χ2n) is 5.91. The van der Waals surface area contributed by atoms with E-state index in [4.69, 9.17) is 4.18 Å². The normalized spacial score (nSPS) is 21.5. The molecule has 6 heteroatoms. The Morgan fingerprint density at radius 1 is 1.08 bits per heavy atom. The van der Waals surface area contributed by atoms with Crippen LogP contribution in [-0.2, 0) is 14.3 Å². The van der Waals surface area contributed by atoms with Crippen molar-refractivity contribution in [2.45, 2.75) is 10.9 Å². The van der Waals surface area contributed by atoms with Crippen molar-refractivity contribution in [2.75, 3.05) is 23.5 Å². The first-order chi connectivity index (χ1) is 11.6. The van der Waals surface area contributed by atoms with Crippen molar-refractivity contribution in [1.82, 2.24) is 0 Å². The summed E-state index contributed by atoms with van der Waals surface area (Å²) in [7, 11) is -1.67. The molecular formula is C18H17NO3S2. The molecule has 124 valence electrons. The molecule has 1 atom stereocenters. The maximum Gasteiger partial charge on any atom is 0.311 e. The number of hydrogen-bond donors (Lipinski definition) is 0. The molecule has 0 spiro atoms. The highest BCUT2D eigenvalue weighted by molar-refractivity contribution is 7.99. The van der Waals surface area contributed by atoms with Gasteiger partial charge in [-0.15, -0.1) is 11.8 Å². The molecular weight excluding hydrogens is 342 g/mol. The molecule has 2 heterocycles. The predicted molar refractivity (Wildman–Crippen MR) is 97.6 cm³/mol. The fraction of sp³-hybridized carbons (Fsp3) is 0.222. The van der Waals surface area contributed by atoms with Gasteiger partial charge in [-0.05, 0) is 18.2 Å². The van der Waals surface area contributed by atoms with Crippen LogP contribution in [0.15, 0.2) is 65.1 Å². The molecule has 0 aromatic heterocycles. The first-order valence-electron chi connectivity index (χ1n) is 7.70. The summed E-state index contributed by atoms with van der Waals surface area (Å²) in [4.78, 5) is 3.10. The van der Waals surface area contributed by atoms with Crippen LogP contribution in [0.5, 0.6) is 0 Å². The van der Waals surface area contributed by atoms with E-state index in [1.807, 2.05) is 66.5 Å². The summed E-state index contributed by atoms with van der Waals surface area (Å²) in [6.45, 7) is 0. The summed E-state index contributed by atoms with van der Waals surface area (Å²) in [6, 6.07) is 17.4. The molecule has 1 unspecified atom stereocenters. The average Bonchev–Trinajstić information content (AvgIpc) is 2.60. The molecule has 2 aliphatic rings. The molecule has 0 saturated heterocycles. The summed E-state index contributed by atoms with van der Waals surface area (Å²) in [5.41, 5.74) is 2.91. The fourth-order valence-electron chi connectivity index (χ4n) is 3.16. The van der Waals surface area contributed by atoms with Crippen molar-refractivity contribution in [3.63, 3.8) is 0 Å². The Balaban J connectivity index is 1.83. The monoisotopic (exact) mass is 359 g/mol. The quantitative estimate of drug-likeness (QED) is 0.770. The van der Waals surface area contributed by atoms with Crippen LogP contribution in [0.1, 0.15) is 5.56 Å². The lowest BCUT2D eigenvalue weighted by Gasteiger charge is -2.37. The molecule has 0 bridgehead atoms. The third-order valence-corrected chi connectivity index (χ3v) is 6.68. The summed E-state index contributed by atoms with van der Waals surface area (Å²) in [5.74, 6) is 1.23. The van der Waals surface area contributed by atoms with E-state index in [1.54, 1.807) is 11.8 Å². The van der Waals surface area contributed by atoms with Crippen LogP contribution >= 0.6 is 11.8 Å². The van der Waals surface area contributed by atoms with Gasteiger partial charge in [0.25, 0.3) is 0 Å². The van der Waals surface area contributed by atoms with Crippen LogP contribution in [0.25, 0.3) is 5.76 Å². The third kappa shape index (κ3) is 2.70. The lowest BCUT2D eigenvalue weighted by Crippen LogP contribution is -2.44. The largest absolute Gasteiger partial charge is 0.382 e.